The van der Waals surface area contributed by atoms with Crippen molar-refractivity contribution >= 4 is 33.8 Å². The Hall–Kier alpha value is -2.42. The number of hydrogen-bond acceptors (Lipinski definition) is 6. The molecule has 5 nitrogen and oxygen atoms in total. The van der Waals surface area contributed by atoms with Gasteiger partial charge >= 0.3 is 12.1 Å². The molecule has 3 rings (SSSR count). The van der Waals surface area contributed by atoms with Gasteiger partial charge in [0.25, 0.3) is 0 Å². The van der Waals surface area contributed by atoms with Gasteiger partial charge in [-0.3, -0.25) is 0 Å². The number of allylic oxidation sites excluding steroid dienone is 2. The van der Waals surface area contributed by atoms with Crippen molar-refractivity contribution in [2.75, 3.05) is 12.4 Å². The second-order valence-corrected chi connectivity index (χ2v) is 8.68. The van der Waals surface area contributed by atoms with Crippen molar-refractivity contribution in [1.29, 1.82) is 0 Å². The molecule has 2 heterocycles. The van der Waals surface area contributed by atoms with Crippen molar-refractivity contribution in [3.05, 3.63) is 40.0 Å². The molecule has 0 fully saturated rings. The summed E-state index contributed by atoms with van der Waals surface area (Å²) in [4.78, 5) is 21.7. The highest BCUT2D eigenvalue weighted by Gasteiger charge is 2.33. The van der Waals surface area contributed by atoms with Crippen molar-refractivity contribution in [2.24, 2.45) is 5.92 Å². The Balaban J connectivity index is 0.00000176. The van der Waals surface area contributed by atoms with Gasteiger partial charge in [-0.2, -0.15) is 13.2 Å². The number of nitrogens with zero attached hydrogens (tertiary/aromatic N) is 2. The van der Waals surface area contributed by atoms with Gasteiger partial charge in [0.2, 0.25) is 0 Å². The van der Waals surface area contributed by atoms with Gasteiger partial charge in [-0.15, -0.1) is 11.3 Å². The van der Waals surface area contributed by atoms with Crippen molar-refractivity contribution in [1.82, 2.24) is 9.97 Å². The summed E-state index contributed by atoms with van der Waals surface area (Å²) >= 11 is 1.44. The Bertz CT molecular complexity index is 952. The number of nitrogens with one attached hydrogen (secondary N) is 1. The molecule has 1 aliphatic rings. The highest BCUT2D eigenvalue weighted by atomic mass is 32.1. The van der Waals surface area contributed by atoms with E-state index in [-0.39, 0.29) is 11.4 Å². The summed E-state index contributed by atoms with van der Waals surface area (Å²) in [5, 5.41) is 3.43. The first-order valence-corrected chi connectivity index (χ1v) is 11.6. The van der Waals surface area contributed by atoms with Crippen LogP contribution in [0.4, 0.5) is 24.1 Å². The first-order chi connectivity index (χ1) is 15.2. The molecule has 0 aromatic carbocycles. The monoisotopic (exact) mass is 469 g/mol. The highest BCUT2D eigenvalue weighted by Crippen LogP contribution is 2.37. The van der Waals surface area contributed by atoms with E-state index in [0.29, 0.717) is 17.2 Å². The molecule has 0 radical (unpaired) electrons. The van der Waals surface area contributed by atoms with Crippen LogP contribution in [0.3, 0.4) is 0 Å². The Labute approximate surface area is 191 Å². The van der Waals surface area contributed by atoms with E-state index in [4.69, 9.17) is 4.98 Å². The Kier molecular flexibility index (Phi) is 9.24. The second kappa shape index (κ2) is 11.4. The lowest BCUT2D eigenvalue weighted by Gasteiger charge is -2.13. The van der Waals surface area contributed by atoms with Gasteiger partial charge in [0.05, 0.1) is 18.4 Å². The normalized spacial score (nSPS) is 13.8. The molecule has 2 aromatic rings. The first-order valence-electron chi connectivity index (χ1n) is 10.8. The minimum absolute atomic E-state index is 0.0103. The number of hydrogen-bond donors (Lipinski definition) is 1. The van der Waals surface area contributed by atoms with E-state index in [9.17, 15) is 18.0 Å². The van der Waals surface area contributed by atoms with Crippen LogP contribution >= 0.6 is 11.3 Å². The third-order valence-corrected chi connectivity index (χ3v) is 5.72. The molecule has 9 heteroatoms. The van der Waals surface area contributed by atoms with E-state index in [1.165, 1.54) is 16.9 Å². The number of carbonyl (C=O) groups excluding carboxylic acids is 1. The third-order valence-electron chi connectivity index (χ3n) is 4.73. The lowest BCUT2D eigenvalue weighted by molar-refractivity contribution is -0.137. The van der Waals surface area contributed by atoms with Gasteiger partial charge in [0, 0.05) is 11.1 Å². The Morgan fingerprint density at radius 3 is 2.56 bits per heavy atom. The lowest BCUT2D eigenvalue weighted by Crippen LogP contribution is -2.12. The Morgan fingerprint density at radius 1 is 1.28 bits per heavy atom. The highest BCUT2D eigenvalue weighted by molar-refractivity contribution is 7.15. The summed E-state index contributed by atoms with van der Waals surface area (Å²) < 4.78 is 43.8. The number of alkyl halides is 3. The van der Waals surface area contributed by atoms with Crippen LogP contribution in [0.2, 0.25) is 0 Å². The molecule has 1 aliphatic carbocycles. The molecule has 0 amide bonds. The molecule has 0 spiro atoms. The quantitative estimate of drug-likeness (QED) is 0.451. The SMILES string of the molecule is CC.COC(=O)c1cc(C(F)(F)F)cnc1Nc1nc(C2=CCCCC2)c(CC(C)C)s1. The smallest absolute Gasteiger partial charge is 0.417 e. The number of esters is 1. The van der Waals surface area contributed by atoms with Gasteiger partial charge in [-0.25, -0.2) is 14.8 Å². The average molecular weight is 470 g/mol. The topological polar surface area (TPSA) is 64.1 Å². The number of ether oxygens (including phenoxy) is 1. The van der Waals surface area contributed by atoms with E-state index < -0.39 is 17.7 Å². The molecule has 0 aliphatic heterocycles. The van der Waals surface area contributed by atoms with Crippen LogP contribution in [0.15, 0.2) is 18.3 Å². The zero-order valence-electron chi connectivity index (χ0n) is 19.1. The van der Waals surface area contributed by atoms with E-state index in [1.807, 2.05) is 13.8 Å². The number of carbonyl (C=O) groups is 1. The van der Waals surface area contributed by atoms with Crippen LogP contribution in [0.5, 0.6) is 0 Å². The summed E-state index contributed by atoms with van der Waals surface area (Å²) in [6, 6.07) is 0.744. The van der Waals surface area contributed by atoms with Crippen molar-refractivity contribution < 1.29 is 22.7 Å². The summed E-state index contributed by atoms with van der Waals surface area (Å²) in [5.74, 6) is -0.481. The van der Waals surface area contributed by atoms with E-state index >= 15 is 0 Å². The minimum atomic E-state index is -4.61. The van der Waals surface area contributed by atoms with Crippen molar-refractivity contribution in [3.8, 4) is 0 Å². The predicted molar refractivity (Wildman–Crippen MR) is 122 cm³/mol. The van der Waals surface area contributed by atoms with Gasteiger partial charge in [-0.05, 0) is 49.7 Å². The van der Waals surface area contributed by atoms with Gasteiger partial charge in [0.1, 0.15) is 11.4 Å². The molecule has 0 saturated carbocycles. The van der Waals surface area contributed by atoms with Gasteiger partial charge in [-0.1, -0.05) is 33.8 Å². The van der Waals surface area contributed by atoms with Crippen LogP contribution in [-0.2, 0) is 17.3 Å². The molecule has 0 atom stereocenters. The maximum Gasteiger partial charge on any atom is 0.417 e. The number of methoxy groups -OCH3 is 1. The maximum absolute atomic E-state index is 13.0. The molecule has 0 saturated heterocycles. The van der Waals surface area contributed by atoms with E-state index in [2.05, 4.69) is 35.0 Å². The summed E-state index contributed by atoms with van der Waals surface area (Å²) in [7, 11) is 1.12. The van der Waals surface area contributed by atoms with Crippen LogP contribution in [0, 0.1) is 5.92 Å². The summed E-state index contributed by atoms with van der Waals surface area (Å²) in [6.45, 7) is 8.25. The predicted octanol–water partition coefficient (Wildman–Crippen LogP) is 7.27. The number of thiazole rings is 1. The van der Waals surface area contributed by atoms with Crippen molar-refractivity contribution in [2.45, 2.75) is 66.0 Å². The van der Waals surface area contributed by atoms with Crippen LogP contribution in [0.1, 0.15) is 79.9 Å². The van der Waals surface area contributed by atoms with Crippen molar-refractivity contribution in [3.63, 3.8) is 0 Å². The van der Waals surface area contributed by atoms with Crippen LogP contribution in [-0.4, -0.2) is 23.0 Å². The number of rotatable bonds is 6. The average Bonchev–Trinajstić information content (AvgIpc) is 3.16. The minimum Gasteiger partial charge on any atom is -0.465 e. The fourth-order valence-corrected chi connectivity index (χ4v) is 4.51. The Morgan fingerprint density at radius 2 is 2.00 bits per heavy atom. The lowest BCUT2D eigenvalue weighted by atomic mass is 9.95. The third kappa shape index (κ3) is 6.54. The fourth-order valence-electron chi connectivity index (χ4n) is 3.30. The molecular weight excluding hydrogens is 439 g/mol. The standard InChI is InChI=1S/C21H24F3N3O2S.C2H6/c1-12(2)9-16-17(13-7-5-4-6-8-13)26-20(30-16)27-18-15(19(28)29-3)10-14(11-25-18)21(22,23)24;1-2/h7,10-12H,4-6,8-9H2,1-3H3,(H,25,26,27);1-2H3. The number of pyridine rings is 1. The largest absolute Gasteiger partial charge is 0.465 e. The van der Waals surface area contributed by atoms with E-state index in [1.54, 1.807) is 0 Å². The molecule has 0 bridgehead atoms. The zero-order valence-corrected chi connectivity index (χ0v) is 19.9. The van der Waals surface area contributed by atoms with E-state index in [0.717, 1.165) is 55.9 Å². The molecule has 1 N–H and O–H groups in total. The maximum atomic E-state index is 13.0. The molecule has 176 valence electrons. The number of aromatic nitrogens is 2. The van der Waals surface area contributed by atoms with Gasteiger partial charge < -0.3 is 10.1 Å². The first kappa shape index (κ1) is 25.8. The fraction of sp³-hybridized carbons (Fsp3) is 0.522. The van der Waals surface area contributed by atoms with Gasteiger partial charge in [0.15, 0.2) is 5.13 Å². The molecule has 2 aromatic heterocycles. The number of anilines is 2. The van der Waals surface area contributed by atoms with Crippen LogP contribution in [0.25, 0.3) is 5.57 Å². The van der Waals surface area contributed by atoms with Crippen LogP contribution < -0.4 is 5.32 Å². The molecule has 0 unspecified atom stereocenters. The summed E-state index contributed by atoms with van der Waals surface area (Å²) in [5.41, 5.74) is 0.838. The number of halogens is 3. The summed E-state index contributed by atoms with van der Waals surface area (Å²) in [6.07, 6.45) is 3.39. The second-order valence-electron chi connectivity index (χ2n) is 7.60. The zero-order chi connectivity index (χ0) is 23.9. The molecular formula is C23H30F3N3O2S. The molecule has 32 heavy (non-hydrogen) atoms.